The quantitative estimate of drug-likeness (QED) is 0.300. The zero-order valence-electron chi connectivity index (χ0n) is 23.9. The minimum absolute atomic E-state index is 0.0431. The van der Waals surface area contributed by atoms with Crippen LogP contribution in [0.15, 0.2) is 34.9 Å². The van der Waals surface area contributed by atoms with Gasteiger partial charge < -0.3 is 9.84 Å². The first-order valence-electron chi connectivity index (χ1n) is 14.2. The van der Waals surface area contributed by atoms with Crippen LogP contribution in [0.25, 0.3) is 0 Å². The molecule has 4 aliphatic rings. The van der Waals surface area contributed by atoms with Gasteiger partial charge in [0.2, 0.25) is 0 Å². The molecule has 2 saturated carbocycles. The van der Waals surface area contributed by atoms with E-state index in [1.807, 2.05) is 6.08 Å². The van der Waals surface area contributed by atoms with Crippen LogP contribution < -0.4 is 0 Å². The summed E-state index contributed by atoms with van der Waals surface area (Å²) in [5.74, 6) is 0.374. The van der Waals surface area contributed by atoms with Crippen molar-refractivity contribution in [2.45, 2.75) is 113 Å². The molecule has 200 valence electrons. The summed E-state index contributed by atoms with van der Waals surface area (Å²) in [7, 11) is 0. The number of aliphatic carboxylic acids is 1. The number of fused-ring (bicyclic) bond motifs is 5. The summed E-state index contributed by atoms with van der Waals surface area (Å²) in [5.41, 5.74) is 3.61. The fourth-order valence-electron chi connectivity index (χ4n) is 9.24. The van der Waals surface area contributed by atoms with E-state index in [1.54, 1.807) is 13.8 Å². The molecule has 0 aromatic carbocycles. The lowest BCUT2D eigenvalue weighted by Gasteiger charge is -2.61. The molecule has 7 unspecified atom stereocenters. The minimum Gasteiger partial charge on any atom is -0.478 e. The number of carbonyl (C=O) groups excluding carboxylic acids is 1. The van der Waals surface area contributed by atoms with Crippen molar-refractivity contribution < 1.29 is 19.4 Å². The first-order valence-corrected chi connectivity index (χ1v) is 14.2. The Morgan fingerprint density at radius 2 is 1.81 bits per heavy atom. The number of rotatable bonds is 6. The average molecular weight is 497 g/mol. The van der Waals surface area contributed by atoms with Crippen molar-refractivity contribution in [1.29, 1.82) is 0 Å². The highest BCUT2D eigenvalue weighted by Gasteiger charge is 2.66. The summed E-state index contributed by atoms with van der Waals surface area (Å²) >= 11 is 0. The predicted molar refractivity (Wildman–Crippen MR) is 144 cm³/mol. The van der Waals surface area contributed by atoms with E-state index in [1.165, 1.54) is 30.4 Å². The molecule has 0 aromatic heterocycles. The Hall–Kier alpha value is -1.84. The van der Waals surface area contributed by atoms with Gasteiger partial charge in [-0.3, -0.25) is 4.79 Å². The van der Waals surface area contributed by atoms with Crippen LogP contribution in [0.1, 0.15) is 107 Å². The number of ether oxygens (including phenoxy) is 1. The second-order valence-electron chi connectivity index (χ2n) is 13.8. The molecule has 4 nitrogen and oxygen atoms in total. The molecule has 4 aliphatic carbocycles. The van der Waals surface area contributed by atoms with E-state index in [-0.39, 0.29) is 28.3 Å². The van der Waals surface area contributed by atoms with Crippen molar-refractivity contribution in [3.05, 3.63) is 34.9 Å². The summed E-state index contributed by atoms with van der Waals surface area (Å²) in [5, 5.41) is 9.22. The fraction of sp³-hybridized carbons (Fsp3) is 0.750. The third-order valence-corrected chi connectivity index (χ3v) is 11.5. The van der Waals surface area contributed by atoms with E-state index in [0.717, 1.165) is 32.1 Å². The molecule has 0 heterocycles. The Bertz CT molecular complexity index is 1020. The van der Waals surface area contributed by atoms with E-state index in [2.05, 4.69) is 53.7 Å². The monoisotopic (exact) mass is 496 g/mol. The normalized spacial score (nSPS) is 40.2. The van der Waals surface area contributed by atoms with Gasteiger partial charge in [0.1, 0.15) is 6.10 Å². The zero-order chi connectivity index (χ0) is 26.7. The van der Waals surface area contributed by atoms with E-state index in [9.17, 15) is 14.7 Å². The molecule has 36 heavy (non-hydrogen) atoms. The lowest BCUT2D eigenvalue weighted by Crippen LogP contribution is -2.56. The number of hydrogen-bond acceptors (Lipinski definition) is 3. The summed E-state index contributed by atoms with van der Waals surface area (Å²) in [6, 6.07) is 0. The highest BCUT2D eigenvalue weighted by Crippen LogP contribution is 2.72. The van der Waals surface area contributed by atoms with Crippen LogP contribution in [-0.4, -0.2) is 23.1 Å². The first kappa shape index (κ1) is 27.2. The Labute approximate surface area is 218 Å². The molecule has 7 atom stereocenters. The highest BCUT2D eigenvalue weighted by atomic mass is 16.5. The molecule has 0 aliphatic heterocycles. The highest BCUT2D eigenvalue weighted by molar-refractivity contribution is 5.85. The third-order valence-electron chi connectivity index (χ3n) is 11.5. The topological polar surface area (TPSA) is 63.6 Å². The van der Waals surface area contributed by atoms with Gasteiger partial charge in [-0.1, -0.05) is 60.1 Å². The maximum Gasteiger partial charge on any atom is 0.330 e. The SMILES string of the molecule is CC(=O)OC1C=C2C(=CCC3C(C)(C)CCCC23C)C2(C)CCC(C(C)CCC=C(C)C(=O)O)C12C. The number of carbonyl (C=O) groups is 2. The molecule has 0 saturated heterocycles. The van der Waals surface area contributed by atoms with Crippen LogP contribution in [-0.2, 0) is 14.3 Å². The lowest BCUT2D eigenvalue weighted by atomic mass is 9.44. The number of esters is 1. The maximum absolute atomic E-state index is 12.4. The van der Waals surface area contributed by atoms with Gasteiger partial charge in [0.05, 0.1) is 0 Å². The van der Waals surface area contributed by atoms with Crippen molar-refractivity contribution in [3.63, 3.8) is 0 Å². The van der Waals surface area contributed by atoms with Crippen molar-refractivity contribution >= 4 is 11.9 Å². The van der Waals surface area contributed by atoms with Crippen molar-refractivity contribution in [1.82, 2.24) is 0 Å². The summed E-state index contributed by atoms with van der Waals surface area (Å²) in [4.78, 5) is 23.7. The van der Waals surface area contributed by atoms with Crippen molar-refractivity contribution in [2.75, 3.05) is 0 Å². The number of hydrogen-bond donors (Lipinski definition) is 1. The molecule has 0 radical (unpaired) electrons. The molecular formula is C32H48O4. The van der Waals surface area contributed by atoms with Crippen LogP contribution in [0.3, 0.4) is 0 Å². The molecule has 1 N–H and O–H groups in total. The second-order valence-corrected chi connectivity index (χ2v) is 13.8. The van der Waals surface area contributed by atoms with Crippen LogP contribution in [0.2, 0.25) is 0 Å². The molecular weight excluding hydrogens is 448 g/mol. The average Bonchev–Trinajstić information content (AvgIpc) is 3.06. The van der Waals surface area contributed by atoms with Crippen LogP contribution in [0, 0.1) is 39.4 Å². The summed E-state index contributed by atoms with van der Waals surface area (Å²) < 4.78 is 6.22. The lowest BCUT2D eigenvalue weighted by molar-refractivity contribution is -0.157. The number of allylic oxidation sites excluding steroid dienone is 4. The van der Waals surface area contributed by atoms with Crippen molar-refractivity contribution in [3.8, 4) is 0 Å². The Morgan fingerprint density at radius 3 is 2.44 bits per heavy atom. The van der Waals surface area contributed by atoms with Gasteiger partial charge in [-0.2, -0.15) is 0 Å². The van der Waals surface area contributed by atoms with E-state index < -0.39 is 5.97 Å². The van der Waals surface area contributed by atoms with Gasteiger partial charge in [-0.05, 0) is 97.7 Å². The molecule has 0 spiro atoms. The zero-order valence-corrected chi connectivity index (χ0v) is 23.9. The number of carboxylic acid groups (broad SMARTS) is 1. The van der Waals surface area contributed by atoms with Gasteiger partial charge in [-0.25, -0.2) is 4.79 Å². The van der Waals surface area contributed by atoms with E-state index >= 15 is 0 Å². The van der Waals surface area contributed by atoms with E-state index in [0.29, 0.717) is 28.7 Å². The summed E-state index contributed by atoms with van der Waals surface area (Å²) in [6.45, 7) is 17.7. The third kappa shape index (κ3) is 4.02. The summed E-state index contributed by atoms with van der Waals surface area (Å²) in [6.07, 6.45) is 15.4. The largest absolute Gasteiger partial charge is 0.478 e. The van der Waals surface area contributed by atoms with Gasteiger partial charge in [0.25, 0.3) is 0 Å². The first-order chi connectivity index (χ1) is 16.7. The van der Waals surface area contributed by atoms with Crippen LogP contribution >= 0.6 is 0 Å². The van der Waals surface area contributed by atoms with Crippen molar-refractivity contribution in [2.24, 2.45) is 39.4 Å². The molecule has 0 amide bonds. The van der Waals surface area contributed by atoms with Gasteiger partial charge >= 0.3 is 11.9 Å². The standard InChI is InChI=1S/C32H48O4/c1-20(11-9-12-21(2)28(34)35)23-15-18-31(7)24-13-14-26-29(4,5)16-10-17-30(26,6)25(24)19-27(32(23,31)8)36-22(3)33/h12-13,19-20,23,26-27H,9-11,14-18H2,1-8H3,(H,34,35). The van der Waals surface area contributed by atoms with Crippen LogP contribution in [0.5, 0.6) is 0 Å². The Kier molecular flexibility index (Phi) is 6.93. The minimum atomic E-state index is -0.843. The number of carboxylic acids is 1. The Balaban J connectivity index is 1.74. The fourth-order valence-corrected chi connectivity index (χ4v) is 9.24. The van der Waals surface area contributed by atoms with Gasteiger partial charge in [0, 0.05) is 23.3 Å². The molecule has 0 bridgehead atoms. The van der Waals surface area contributed by atoms with E-state index in [4.69, 9.17) is 4.74 Å². The molecule has 2 fully saturated rings. The predicted octanol–water partition coefficient (Wildman–Crippen LogP) is 7.89. The molecule has 4 rings (SSSR count). The smallest absolute Gasteiger partial charge is 0.330 e. The second kappa shape index (κ2) is 9.17. The molecule has 4 heteroatoms. The molecule has 0 aromatic rings. The van der Waals surface area contributed by atoms with Gasteiger partial charge in [0.15, 0.2) is 0 Å². The van der Waals surface area contributed by atoms with Crippen LogP contribution in [0.4, 0.5) is 0 Å². The Morgan fingerprint density at radius 1 is 1.11 bits per heavy atom. The maximum atomic E-state index is 12.4. The van der Waals surface area contributed by atoms with Gasteiger partial charge in [-0.15, -0.1) is 0 Å².